The van der Waals surface area contributed by atoms with E-state index in [4.69, 9.17) is 4.74 Å². The van der Waals surface area contributed by atoms with Crippen LogP contribution in [0.1, 0.15) is 51.5 Å². The van der Waals surface area contributed by atoms with Gasteiger partial charge in [-0.05, 0) is 44.7 Å². The molecule has 1 fully saturated rings. The van der Waals surface area contributed by atoms with Crippen molar-refractivity contribution in [2.24, 2.45) is 4.99 Å². The molecule has 1 amide bonds. The molecule has 2 rings (SSSR count). The normalized spacial score (nSPS) is 16.4. The molecule has 0 saturated carbocycles. The number of hydrogen-bond donors (Lipinski definition) is 2. The van der Waals surface area contributed by atoms with Crippen molar-refractivity contribution in [1.82, 2.24) is 15.5 Å². The summed E-state index contributed by atoms with van der Waals surface area (Å²) in [5.74, 6) is 1.15. The lowest BCUT2D eigenvalue weighted by Gasteiger charge is -2.33. The van der Waals surface area contributed by atoms with Gasteiger partial charge in [0.15, 0.2) is 5.96 Å². The first kappa shape index (κ1) is 28.2. The van der Waals surface area contributed by atoms with E-state index >= 15 is 0 Å². The van der Waals surface area contributed by atoms with Gasteiger partial charge in [0, 0.05) is 50.8 Å². The SMILES string of the molecule is CCCOc1ccc(CNC(=NC)NCCC(=O)N2CCCCC2C)c(OC(F)F)c1.I. The van der Waals surface area contributed by atoms with Gasteiger partial charge in [-0.25, -0.2) is 0 Å². The maximum atomic E-state index is 12.8. The Labute approximate surface area is 206 Å². The summed E-state index contributed by atoms with van der Waals surface area (Å²) in [7, 11) is 1.61. The monoisotopic (exact) mass is 568 g/mol. The zero-order chi connectivity index (χ0) is 22.6. The quantitative estimate of drug-likeness (QED) is 0.252. The number of carbonyl (C=O) groups is 1. The van der Waals surface area contributed by atoms with E-state index in [9.17, 15) is 13.6 Å². The van der Waals surface area contributed by atoms with Gasteiger partial charge in [0.05, 0.1) is 6.61 Å². The zero-order valence-corrected chi connectivity index (χ0v) is 21.4. The molecule has 0 bridgehead atoms. The molecule has 1 saturated heterocycles. The first-order chi connectivity index (χ1) is 14.9. The molecule has 32 heavy (non-hydrogen) atoms. The molecule has 0 aliphatic carbocycles. The highest BCUT2D eigenvalue weighted by Gasteiger charge is 2.22. The van der Waals surface area contributed by atoms with Gasteiger partial charge in [0.25, 0.3) is 0 Å². The predicted octanol–water partition coefficient (Wildman–Crippen LogP) is 4.15. The number of alkyl halides is 2. The number of piperidine rings is 1. The number of halogens is 3. The summed E-state index contributed by atoms with van der Waals surface area (Å²) >= 11 is 0. The number of ether oxygens (including phenoxy) is 2. The van der Waals surface area contributed by atoms with Crippen molar-refractivity contribution < 1.29 is 23.0 Å². The van der Waals surface area contributed by atoms with Crippen LogP contribution < -0.4 is 20.1 Å². The van der Waals surface area contributed by atoms with Crippen LogP contribution in [-0.4, -0.2) is 56.2 Å². The van der Waals surface area contributed by atoms with Crippen molar-refractivity contribution in [3.05, 3.63) is 23.8 Å². The average Bonchev–Trinajstić information content (AvgIpc) is 2.75. The minimum absolute atomic E-state index is 0. The molecule has 0 spiro atoms. The first-order valence-corrected chi connectivity index (χ1v) is 10.9. The highest BCUT2D eigenvalue weighted by molar-refractivity contribution is 14.0. The minimum Gasteiger partial charge on any atom is -0.493 e. The number of likely N-dealkylation sites (tertiary alicyclic amines) is 1. The molecular weight excluding hydrogens is 533 g/mol. The Hall–Kier alpha value is -1.85. The summed E-state index contributed by atoms with van der Waals surface area (Å²) in [6.07, 6.45) is 4.46. The van der Waals surface area contributed by atoms with Gasteiger partial charge in [-0.3, -0.25) is 9.79 Å². The number of benzene rings is 1. The lowest BCUT2D eigenvalue weighted by molar-refractivity contribution is -0.134. The van der Waals surface area contributed by atoms with Crippen LogP contribution in [0, 0.1) is 0 Å². The number of nitrogens with zero attached hydrogens (tertiary/aromatic N) is 2. The van der Waals surface area contributed by atoms with E-state index < -0.39 is 6.61 Å². The summed E-state index contributed by atoms with van der Waals surface area (Å²) in [6.45, 7) is 3.10. The van der Waals surface area contributed by atoms with Crippen LogP contribution in [0.5, 0.6) is 11.5 Å². The van der Waals surface area contributed by atoms with E-state index in [1.807, 2.05) is 11.8 Å². The third-order valence-corrected chi connectivity index (χ3v) is 5.15. The van der Waals surface area contributed by atoms with Gasteiger partial charge in [0.2, 0.25) is 5.91 Å². The van der Waals surface area contributed by atoms with Crippen molar-refractivity contribution in [1.29, 1.82) is 0 Å². The molecular formula is C22H35F2IN4O3. The molecule has 1 aromatic rings. The van der Waals surface area contributed by atoms with Gasteiger partial charge in [-0.1, -0.05) is 6.92 Å². The average molecular weight is 568 g/mol. The third-order valence-electron chi connectivity index (χ3n) is 5.15. The number of amides is 1. The Kier molecular flexibility index (Phi) is 13.3. The Morgan fingerprint density at radius 3 is 2.75 bits per heavy atom. The number of aliphatic imine (C=N–C) groups is 1. The number of hydrogen-bond acceptors (Lipinski definition) is 4. The van der Waals surface area contributed by atoms with E-state index in [-0.39, 0.29) is 48.2 Å². The van der Waals surface area contributed by atoms with Gasteiger partial charge < -0.3 is 25.0 Å². The van der Waals surface area contributed by atoms with Gasteiger partial charge in [-0.15, -0.1) is 24.0 Å². The van der Waals surface area contributed by atoms with Crippen molar-refractivity contribution in [3.63, 3.8) is 0 Å². The number of rotatable bonds is 10. The molecule has 10 heteroatoms. The Bertz CT molecular complexity index is 737. The summed E-state index contributed by atoms with van der Waals surface area (Å²) in [6, 6.07) is 5.16. The molecule has 1 heterocycles. The van der Waals surface area contributed by atoms with Gasteiger partial charge in [0.1, 0.15) is 11.5 Å². The molecule has 1 unspecified atom stereocenters. The van der Waals surface area contributed by atoms with Crippen molar-refractivity contribution >= 4 is 35.8 Å². The van der Waals surface area contributed by atoms with Gasteiger partial charge >= 0.3 is 6.61 Å². The molecule has 0 aromatic heterocycles. The summed E-state index contributed by atoms with van der Waals surface area (Å²) in [5.41, 5.74) is 0.547. The number of guanidine groups is 1. The van der Waals surface area contributed by atoms with E-state index in [1.54, 1.807) is 19.2 Å². The molecule has 1 atom stereocenters. The van der Waals surface area contributed by atoms with Crippen LogP contribution in [-0.2, 0) is 11.3 Å². The number of nitrogens with one attached hydrogen (secondary N) is 2. The zero-order valence-electron chi connectivity index (χ0n) is 19.0. The fourth-order valence-electron chi connectivity index (χ4n) is 3.50. The largest absolute Gasteiger partial charge is 0.493 e. The Morgan fingerprint density at radius 2 is 2.09 bits per heavy atom. The van der Waals surface area contributed by atoms with Crippen molar-refractivity contribution in [3.8, 4) is 11.5 Å². The second-order valence-corrected chi connectivity index (χ2v) is 7.53. The summed E-state index contributed by atoms with van der Waals surface area (Å²) < 4.78 is 35.8. The number of carbonyl (C=O) groups excluding carboxylic acids is 1. The van der Waals surface area contributed by atoms with Crippen LogP contribution in [0.3, 0.4) is 0 Å². The van der Waals surface area contributed by atoms with Gasteiger partial charge in [-0.2, -0.15) is 8.78 Å². The maximum absolute atomic E-state index is 12.8. The second-order valence-electron chi connectivity index (χ2n) is 7.53. The highest BCUT2D eigenvalue weighted by atomic mass is 127. The third kappa shape index (κ3) is 9.33. The minimum atomic E-state index is -2.93. The highest BCUT2D eigenvalue weighted by Crippen LogP contribution is 2.26. The van der Waals surface area contributed by atoms with E-state index in [0.717, 1.165) is 25.8 Å². The molecule has 1 aromatic carbocycles. The lowest BCUT2D eigenvalue weighted by Crippen LogP contribution is -2.44. The van der Waals surface area contributed by atoms with Crippen LogP contribution in [0.15, 0.2) is 23.2 Å². The molecule has 2 N–H and O–H groups in total. The van der Waals surface area contributed by atoms with Crippen LogP contribution in [0.2, 0.25) is 0 Å². The van der Waals surface area contributed by atoms with E-state index in [2.05, 4.69) is 27.3 Å². The predicted molar refractivity (Wildman–Crippen MR) is 132 cm³/mol. The Balaban J connectivity index is 0.00000512. The summed E-state index contributed by atoms with van der Waals surface area (Å²) in [4.78, 5) is 18.5. The molecule has 1 aliphatic rings. The molecule has 0 radical (unpaired) electrons. The topological polar surface area (TPSA) is 75.2 Å². The van der Waals surface area contributed by atoms with Crippen molar-refractivity contribution in [2.45, 2.75) is 65.1 Å². The standard InChI is InChI=1S/C22H34F2N4O3.HI/c1-4-13-30-18-9-8-17(19(14-18)31-21(23)24)15-27-22(25-3)26-11-10-20(29)28-12-6-5-7-16(28)2;/h8-9,14,16,21H,4-7,10-13,15H2,1-3H3,(H2,25,26,27);1H. The van der Waals surface area contributed by atoms with Crippen LogP contribution >= 0.6 is 24.0 Å². The van der Waals surface area contributed by atoms with E-state index in [0.29, 0.717) is 36.8 Å². The molecule has 7 nitrogen and oxygen atoms in total. The maximum Gasteiger partial charge on any atom is 0.387 e. The van der Waals surface area contributed by atoms with Crippen molar-refractivity contribution in [2.75, 3.05) is 26.7 Å². The molecule has 182 valence electrons. The molecule has 1 aliphatic heterocycles. The van der Waals surface area contributed by atoms with Crippen LogP contribution in [0.25, 0.3) is 0 Å². The van der Waals surface area contributed by atoms with E-state index in [1.165, 1.54) is 12.5 Å². The summed E-state index contributed by atoms with van der Waals surface area (Å²) in [5, 5.41) is 6.17. The fraction of sp³-hybridized carbons (Fsp3) is 0.636. The first-order valence-electron chi connectivity index (χ1n) is 10.9. The van der Waals surface area contributed by atoms with Crippen LogP contribution in [0.4, 0.5) is 8.78 Å². The fourth-order valence-corrected chi connectivity index (χ4v) is 3.50. The second kappa shape index (κ2) is 15.1. The smallest absolute Gasteiger partial charge is 0.387 e. The lowest BCUT2D eigenvalue weighted by atomic mass is 10.0. The Morgan fingerprint density at radius 1 is 1.31 bits per heavy atom.